The molecule has 0 amide bonds. The van der Waals surface area contributed by atoms with Gasteiger partial charge in [-0.25, -0.2) is 4.39 Å². The summed E-state index contributed by atoms with van der Waals surface area (Å²) in [5.41, 5.74) is 1.14. The molecule has 1 aliphatic rings. The van der Waals surface area contributed by atoms with Crippen LogP contribution in [0.1, 0.15) is 19.4 Å². The van der Waals surface area contributed by atoms with Gasteiger partial charge in [-0.1, -0.05) is 12.1 Å². The highest BCUT2D eigenvalue weighted by Crippen LogP contribution is 2.27. The van der Waals surface area contributed by atoms with Crippen LogP contribution in [0.2, 0.25) is 0 Å². The predicted molar refractivity (Wildman–Crippen MR) is 64.5 cm³/mol. The van der Waals surface area contributed by atoms with Gasteiger partial charge in [-0.05, 0) is 19.9 Å². The number of halogens is 1. The Kier molecular flexibility index (Phi) is 3.64. The molecule has 0 radical (unpaired) electrons. The van der Waals surface area contributed by atoms with Crippen LogP contribution in [-0.4, -0.2) is 30.4 Å². The van der Waals surface area contributed by atoms with Gasteiger partial charge in [0.2, 0.25) is 0 Å². The highest BCUT2D eigenvalue weighted by Gasteiger charge is 2.25. The van der Waals surface area contributed by atoms with E-state index in [1.165, 1.54) is 6.07 Å². The van der Waals surface area contributed by atoms with E-state index in [4.69, 9.17) is 4.74 Å². The number of hydrogen-bond acceptors (Lipinski definition) is 3. The fourth-order valence-electron chi connectivity index (χ4n) is 2.40. The number of morpholine rings is 1. The van der Waals surface area contributed by atoms with Gasteiger partial charge >= 0.3 is 0 Å². The third-order valence-corrected chi connectivity index (χ3v) is 2.98. The lowest BCUT2D eigenvalue weighted by Gasteiger charge is -2.37. The minimum atomic E-state index is -0.280. The number of hydrogen-bond donors (Lipinski definition) is 1. The molecular formula is C13H18FNO2. The van der Waals surface area contributed by atoms with E-state index < -0.39 is 0 Å². The van der Waals surface area contributed by atoms with E-state index in [-0.39, 0.29) is 24.6 Å². The summed E-state index contributed by atoms with van der Waals surface area (Å²) in [6.45, 7) is 5.11. The Morgan fingerprint density at radius 1 is 1.35 bits per heavy atom. The van der Waals surface area contributed by atoms with Gasteiger partial charge in [0.05, 0.1) is 24.5 Å². The molecule has 2 rings (SSSR count). The normalized spacial score (nSPS) is 25.1. The van der Waals surface area contributed by atoms with Gasteiger partial charge in [-0.15, -0.1) is 0 Å². The second-order valence-corrected chi connectivity index (χ2v) is 4.57. The zero-order chi connectivity index (χ0) is 12.4. The first-order valence-corrected chi connectivity index (χ1v) is 5.90. The van der Waals surface area contributed by atoms with E-state index in [9.17, 15) is 9.50 Å². The molecule has 0 aromatic heterocycles. The molecule has 1 aromatic carbocycles. The Morgan fingerprint density at radius 2 is 2.00 bits per heavy atom. The summed E-state index contributed by atoms with van der Waals surface area (Å²) in [4.78, 5) is 1.96. The molecule has 17 heavy (non-hydrogen) atoms. The second kappa shape index (κ2) is 5.02. The molecule has 3 nitrogen and oxygen atoms in total. The first-order valence-electron chi connectivity index (χ1n) is 5.90. The van der Waals surface area contributed by atoms with Crippen molar-refractivity contribution in [3.8, 4) is 0 Å². The van der Waals surface area contributed by atoms with Crippen molar-refractivity contribution in [3.63, 3.8) is 0 Å². The van der Waals surface area contributed by atoms with Crippen molar-refractivity contribution in [2.45, 2.75) is 32.7 Å². The van der Waals surface area contributed by atoms with E-state index in [2.05, 4.69) is 0 Å². The number of nitrogens with zero attached hydrogens (tertiary/aromatic N) is 1. The first kappa shape index (κ1) is 12.3. The average Bonchev–Trinajstić information content (AvgIpc) is 2.27. The van der Waals surface area contributed by atoms with Crippen molar-refractivity contribution in [2.24, 2.45) is 0 Å². The van der Waals surface area contributed by atoms with Crippen molar-refractivity contribution >= 4 is 5.69 Å². The van der Waals surface area contributed by atoms with Gasteiger partial charge in [0.25, 0.3) is 0 Å². The Balaban J connectivity index is 2.32. The number of anilines is 1. The summed E-state index contributed by atoms with van der Waals surface area (Å²) in [5, 5.41) is 9.28. The topological polar surface area (TPSA) is 32.7 Å². The van der Waals surface area contributed by atoms with E-state index in [0.717, 1.165) is 0 Å². The molecular weight excluding hydrogens is 221 g/mol. The first-order chi connectivity index (χ1) is 8.11. The molecule has 1 N–H and O–H groups in total. The Morgan fingerprint density at radius 3 is 2.59 bits per heavy atom. The number of aliphatic hydroxyl groups excluding tert-OH is 1. The summed E-state index contributed by atoms with van der Waals surface area (Å²) in [7, 11) is 0. The van der Waals surface area contributed by atoms with Crippen LogP contribution in [-0.2, 0) is 11.3 Å². The third-order valence-electron chi connectivity index (χ3n) is 2.98. The van der Waals surface area contributed by atoms with Crippen molar-refractivity contribution in [1.82, 2.24) is 0 Å². The van der Waals surface area contributed by atoms with E-state index in [1.54, 1.807) is 12.1 Å². The molecule has 1 fully saturated rings. The zero-order valence-electron chi connectivity index (χ0n) is 10.2. The van der Waals surface area contributed by atoms with E-state index >= 15 is 0 Å². The maximum Gasteiger partial charge on any atom is 0.146 e. The van der Waals surface area contributed by atoms with E-state index in [0.29, 0.717) is 24.3 Å². The number of rotatable bonds is 2. The van der Waals surface area contributed by atoms with Gasteiger partial charge in [-0.2, -0.15) is 0 Å². The van der Waals surface area contributed by atoms with Crippen molar-refractivity contribution < 1.29 is 14.2 Å². The highest BCUT2D eigenvalue weighted by molar-refractivity contribution is 5.55. The molecule has 1 aliphatic heterocycles. The smallest absolute Gasteiger partial charge is 0.146 e. The fourth-order valence-corrected chi connectivity index (χ4v) is 2.40. The van der Waals surface area contributed by atoms with Crippen molar-refractivity contribution in [1.29, 1.82) is 0 Å². The van der Waals surface area contributed by atoms with Gasteiger partial charge in [0, 0.05) is 18.7 Å². The minimum Gasteiger partial charge on any atom is -0.392 e. The summed E-state index contributed by atoms with van der Waals surface area (Å²) in [6.07, 6.45) is 0.148. The standard InChI is InChI=1S/C13H18FNO2/c1-9-6-15(7-10(2)17-9)13-11(8-16)4-3-5-12(13)14/h3-5,9-10,16H,6-8H2,1-2H3. The van der Waals surface area contributed by atoms with Crippen LogP contribution in [0, 0.1) is 5.82 Å². The average molecular weight is 239 g/mol. The van der Waals surface area contributed by atoms with E-state index in [1.807, 2.05) is 18.7 Å². The molecule has 2 atom stereocenters. The van der Waals surface area contributed by atoms with Crippen molar-refractivity contribution in [2.75, 3.05) is 18.0 Å². The van der Waals surface area contributed by atoms with Gasteiger partial charge in [-0.3, -0.25) is 0 Å². The molecule has 0 aliphatic carbocycles. The third kappa shape index (κ3) is 2.58. The largest absolute Gasteiger partial charge is 0.392 e. The van der Waals surface area contributed by atoms with Crippen LogP contribution in [0.3, 0.4) is 0 Å². The lowest BCUT2D eigenvalue weighted by molar-refractivity contribution is -0.00550. The van der Waals surface area contributed by atoms with Crippen LogP contribution >= 0.6 is 0 Å². The molecule has 1 heterocycles. The van der Waals surface area contributed by atoms with Crippen LogP contribution in [0.25, 0.3) is 0 Å². The van der Waals surface area contributed by atoms with Gasteiger partial charge < -0.3 is 14.7 Å². The van der Waals surface area contributed by atoms with Crippen LogP contribution in [0.5, 0.6) is 0 Å². The van der Waals surface area contributed by atoms with Gasteiger partial charge in [0.15, 0.2) is 0 Å². The number of benzene rings is 1. The number of aliphatic hydroxyl groups is 1. The summed E-state index contributed by atoms with van der Waals surface area (Å²) >= 11 is 0. The monoisotopic (exact) mass is 239 g/mol. The van der Waals surface area contributed by atoms with Crippen molar-refractivity contribution in [3.05, 3.63) is 29.6 Å². The van der Waals surface area contributed by atoms with Crippen LogP contribution in [0.4, 0.5) is 10.1 Å². The summed E-state index contributed by atoms with van der Waals surface area (Å²) in [5.74, 6) is -0.280. The highest BCUT2D eigenvalue weighted by atomic mass is 19.1. The van der Waals surface area contributed by atoms with Gasteiger partial charge in [0.1, 0.15) is 5.82 Å². The maximum atomic E-state index is 13.9. The lowest BCUT2D eigenvalue weighted by atomic mass is 10.1. The summed E-state index contributed by atoms with van der Waals surface area (Å²) < 4.78 is 19.5. The Bertz CT molecular complexity index is 387. The molecule has 1 saturated heterocycles. The Hall–Kier alpha value is -1.13. The SMILES string of the molecule is CC1CN(c2c(F)cccc2CO)CC(C)O1. The Labute approximate surface area is 101 Å². The molecule has 0 bridgehead atoms. The predicted octanol–water partition coefficient (Wildman–Crippen LogP) is 1.93. The number of ether oxygens (including phenoxy) is 1. The van der Waals surface area contributed by atoms with Crippen LogP contribution < -0.4 is 4.90 Å². The molecule has 4 heteroatoms. The fraction of sp³-hybridized carbons (Fsp3) is 0.538. The molecule has 2 unspecified atom stereocenters. The lowest BCUT2D eigenvalue weighted by Crippen LogP contribution is -2.46. The quantitative estimate of drug-likeness (QED) is 0.856. The number of para-hydroxylation sites is 1. The van der Waals surface area contributed by atoms with Crippen LogP contribution in [0.15, 0.2) is 18.2 Å². The molecule has 0 spiro atoms. The maximum absolute atomic E-state index is 13.9. The molecule has 0 saturated carbocycles. The summed E-state index contributed by atoms with van der Waals surface area (Å²) in [6, 6.07) is 4.81. The zero-order valence-corrected chi connectivity index (χ0v) is 10.2. The minimum absolute atomic E-state index is 0.0740. The molecule has 94 valence electrons. The molecule has 1 aromatic rings. The second-order valence-electron chi connectivity index (χ2n) is 4.57.